The molecule has 0 aliphatic rings. The van der Waals surface area contributed by atoms with Crippen molar-refractivity contribution in [3.63, 3.8) is 0 Å². The van der Waals surface area contributed by atoms with Crippen LogP contribution >= 0.6 is 11.8 Å². The summed E-state index contributed by atoms with van der Waals surface area (Å²) >= 11 is 1.48. The van der Waals surface area contributed by atoms with Gasteiger partial charge in [-0.2, -0.15) is 0 Å². The van der Waals surface area contributed by atoms with Crippen LogP contribution in [0, 0.1) is 0 Å². The molecule has 0 aliphatic carbocycles. The Kier molecular flexibility index (Phi) is 5.76. The van der Waals surface area contributed by atoms with E-state index in [4.69, 9.17) is 0 Å². The van der Waals surface area contributed by atoms with Crippen LogP contribution in [-0.2, 0) is 12.3 Å². The van der Waals surface area contributed by atoms with E-state index in [0.29, 0.717) is 33.9 Å². The molecule has 3 aromatic rings. The minimum absolute atomic E-state index is 0.0331. The van der Waals surface area contributed by atoms with E-state index in [1.165, 1.54) is 11.8 Å². The molecule has 0 unspecified atom stereocenters. The molecule has 1 amide bonds. The van der Waals surface area contributed by atoms with E-state index in [1.54, 1.807) is 41.8 Å². The largest absolute Gasteiger partial charge is 0.345 e. The number of benzene rings is 2. The van der Waals surface area contributed by atoms with Gasteiger partial charge in [0.15, 0.2) is 5.16 Å². The number of carbonyl (C=O) groups excluding carboxylic acids is 1. The van der Waals surface area contributed by atoms with Gasteiger partial charge in [0, 0.05) is 32.0 Å². The molecule has 5 nitrogen and oxygen atoms in total. The summed E-state index contributed by atoms with van der Waals surface area (Å²) in [6.45, 7) is 4.15. The molecule has 0 saturated carbocycles. The zero-order valence-electron chi connectivity index (χ0n) is 15.4. The topological polar surface area (TPSA) is 55.2 Å². The van der Waals surface area contributed by atoms with Crippen molar-refractivity contribution in [1.82, 2.24) is 14.5 Å². The Morgan fingerprint density at radius 1 is 1.22 bits per heavy atom. The highest BCUT2D eigenvalue weighted by atomic mass is 32.2. The third-order valence-corrected chi connectivity index (χ3v) is 5.13. The van der Waals surface area contributed by atoms with E-state index >= 15 is 0 Å². The van der Waals surface area contributed by atoms with Gasteiger partial charge in [0.1, 0.15) is 0 Å². The zero-order valence-corrected chi connectivity index (χ0v) is 16.2. The van der Waals surface area contributed by atoms with E-state index in [0.717, 1.165) is 5.56 Å². The fraction of sp³-hybridized carbons (Fsp3) is 0.190. The Labute approximate surface area is 162 Å². The molecule has 0 bridgehead atoms. The van der Waals surface area contributed by atoms with Gasteiger partial charge in [0.25, 0.3) is 11.5 Å². The van der Waals surface area contributed by atoms with Gasteiger partial charge in [-0.3, -0.25) is 14.2 Å². The van der Waals surface area contributed by atoms with Crippen molar-refractivity contribution < 1.29 is 4.79 Å². The Morgan fingerprint density at radius 2 is 2.00 bits per heavy atom. The number of rotatable bonds is 6. The molecule has 1 heterocycles. The average Bonchev–Trinajstić information content (AvgIpc) is 2.68. The monoisotopic (exact) mass is 379 g/mol. The number of amides is 1. The molecule has 0 aliphatic heterocycles. The quantitative estimate of drug-likeness (QED) is 0.373. The van der Waals surface area contributed by atoms with Crippen LogP contribution < -0.4 is 5.56 Å². The van der Waals surface area contributed by atoms with E-state index in [9.17, 15) is 9.59 Å². The lowest BCUT2D eigenvalue weighted by atomic mass is 10.1. The van der Waals surface area contributed by atoms with Gasteiger partial charge in [-0.25, -0.2) is 4.98 Å². The Hall–Kier alpha value is -2.86. The van der Waals surface area contributed by atoms with Crippen LogP contribution in [-0.4, -0.2) is 34.5 Å². The number of aromatic nitrogens is 2. The van der Waals surface area contributed by atoms with Crippen molar-refractivity contribution in [2.75, 3.05) is 14.1 Å². The van der Waals surface area contributed by atoms with Gasteiger partial charge in [0.05, 0.1) is 10.9 Å². The molecule has 0 saturated heterocycles. The normalized spacial score (nSPS) is 10.7. The Morgan fingerprint density at radius 3 is 2.74 bits per heavy atom. The van der Waals surface area contributed by atoms with Crippen molar-refractivity contribution in [2.24, 2.45) is 0 Å². The summed E-state index contributed by atoms with van der Waals surface area (Å²) < 4.78 is 1.63. The number of allylic oxidation sites excluding steroid dienone is 1. The second-order valence-electron chi connectivity index (χ2n) is 6.30. The van der Waals surface area contributed by atoms with Gasteiger partial charge >= 0.3 is 0 Å². The van der Waals surface area contributed by atoms with Crippen LogP contribution in [0.15, 0.2) is 71.1 Å². The predicted molar refractivity (Wildman–Crippen MR) is 110 cm³/mol. The van der Waals surface area contributed by atoms with Gasteiger partial charge in [-0.05, 0) is 29.8 Å². The molecule has 138 valence electrons. The first-order chi connectivity index (χ1) is 13.0. The first-order valence-electron chi connectivity index (χ1n) is 8.55. The van der Waals surface area contributed by atoms with Crippen LogP contribution in [0.25, 0.3) is 10.9 Å². The van der Waals surface area contributed by atoms with Crippen molar-refractivity contribution in [3.05, 3.63) is 82.7 Å². The molecule has 0 spiro atoms. The molecule has 1 aromatic heterocycles. The highest BCUT2D eigenvalue weighted by Gasteiger charge is 2.12. The van der Waals surface area contributed by atoms with E-state index in [2.05, 4.69) is 11.6 Å². The minimum atomic E-state index is -0.0699. The lowest BCUT2D eigenvalue weighted by molar-refractivity contribution is 0.0827. The zero-order chi connectivity index (χ0) is 19.4. The molecule has 27 heavy (non-hydrogen) atoms. The molecular formula is C21H21N3O2S. The third-order valence-electron chi connectivity index (χ3n) is 4.09. The van der Waals surface area contributed by atoms with Gasteiger partial charge in [-0.15, -0.1) is 6.58 Å². The summed E-state index contributed by atoms with van der Waals surface area (Å²) in [5, 5.41) is 1.24. The minimum Gasteiger partial charge on any atom is -0.345 e. The van der Waals surface area contributed by atoms with Crippen molar-refractivity contribution in [1.29, 1.82) is 0 Å². The highest BCUT2D eigenvalue weighted by molar-refractivity contribution is 7.98. The molecular weight excluding hydrogens is 358 g/mol. The van der Waals surface area contributed by atoms with Crippen LogP contribution in [0.5, 0.6) is 0 Å². The number of hydrogen-bond acceptors (Lipinski definition) is 4. The lowest BCUT2D eigenvalue weighted by Gasteiger charge is -2.13. The van der Waals surface area contributed by atoms with Crippen LogP contribution in [0.4, 0.5) is 0 Å². The van der Waals surface area contributed by atoms with Crippen LogP contribution in [0.1, 0.15) is 15.9 Å². The molecule has 0 atom stereocenters. The second-order valence-corrected chi connectivity index (χ2v) is 7.25. The predicted octanol–water partition coefficient (Wildman–Crippen LogP) is 3.58. The first-order valence-corrected chi connectivity index (χ1v) is 9.53. The van der Waals surface area contributed by atoms with Crippen LogP contribution in [0.3, 0.4) is 0 Å². The smallest absolute Gasteiger partial charge is 0.262 e. The summed E-state index contributed by atoms with van der Waals surface area (Å²) in [5.74, 6) is 0.575. The van der Waals surface area contributed by atoms with Crippen molar-refractivity contribution in [2.45, 2.75) is 17.5 Å². The highest BCUT2D eigenvalue weighted by Crippen LogP contribution is 2.23. The first kappa shape index (κ1) is 18.9. The second kappa shape index (κ2) is 8.22. The fourth-order valence-electron chi connectivity index (χ4n) is 2.75. The van der Waals surface area contributed by atoms with Gasteiger partial charge in [-0.1, -0.05) is 42.1 Å². The maximum absolute atomic E-state index is 12.8. The van der Waals surface area contributed by atoms with E-state index in [1.807, 2.05) is 36.4 Å². The number of thioether (sulfide) groups is 1. The van der Waals surface area contributed by atoms with Crippen molar-refractivity contribution >= 4 is 28.6 Å². The molecule has 0 radical (unpaired) electrons. The number of nitrogens with zero attached hydrogens (tertiary/aromatic N) is 3. The maximum Gasteiger partial charge on any atom is 0.262 e. The SMILES string of the molecule is C=CCn1c(SCc2cccc(C(=O)N(C)C)c2)nc2ccccc2c1=O. The number of carbonyl (C=O) groups is 1. The lowest BCUT2D eigenvalue weighted by Crippen LogP contribution is -2.22. The number of para-hydroxylation sites is 1. The van der Waals surface area contributed by atoms with E-state index in [-0.39, 0.29) is 11.5 Å². The fourth-order valence-corrected chi connectivity index (χ4v) is 3.70. The summed E-state index contributed by atoms with van der Waals surface area (Å²) in [6, 6.07) is 14.9. The van der Waals surface area contributed by atoms with Crippen LogP contribution in [0.2, 0.25) is 0 Å². The van der Waals surface area contributed by atoms with Crippen molar-refractivity contribution in [3.8, 4) is 0 Å². The summed E-state index contributed by atoms with van der Waals surface area (Å²) in [5.41, 5.74) is 2.26. The molecule has 6 heteroatoms. The maximum atomic E-state index is 12.8. The molecule has 3 rings (SSSR count). The van der Waals surface area contributed by atoms with E-state index < -0.39 is 0 Å². The summed E-state index contributed by atoms with van der Waals surface area (Å²) in [6.07, 6.45) is 1.69. The number of fused-ring (bicyclic) bond motifs is 1. The third kappa shape index (κ3) is 4.11. The van der Waals surface area contributed by atoms with Gasteiger partial charge in [0.2, 0.25) is 0 Å². The summed E-state index contributed by atoms with van der Waals surface area (Å²) in [4.78, 5) is 31.1. The molecule has 0 fully saturated rings. The molecule has 0 N–H and O–H groups in total. The average molecular weight is 379 g/mol. The number of hydrogen-bond donors (Lipinski definition) is 0. The summed E-state index contributed by atoms with van der Waals surface area (Å²) in [7, 11) is 3.47. The standard InChI is InChI=1S/C21H21N3O2S/c1-4-12-24-20(26)17-10-5-6-11-18(17)22-21(24)27-14-15-8-7-9-16(13-15)19(25)23(2)3/h4-11,13H,1,12,14H2,2-3H3. The Bertz CT molecular complexity index is 1060. The Balaban J connectivity index is 1.92. The van der Waals surface area contributed by atoms with Gasteiger partial charge < -0.3 is 4.90 Å². The molecule has 2 aromatic carbocycles.